The first-order valence-electron chi connectivity index (χ1n) is 8.10. The Labute approximate surface area is 136 Å². The summed E-state index contributed by atoms with van der Waals surface area (Å²) in [6, 6.07) is 7.64. The second-order valence-corrected chi connectivity index (χ2v) is 6.11. The van der Waals surface area contributed by atoms with E-state index in [9.17, 15) is 4.79 Å². The van der Waals surface area contributed by atoms with Gasteiger partial charge in [0.15, 0.2) is 0 Å². The number of rotatable bonds is 4. The van der Waals surface area contributed by atoms with Gasteiger partial charge in [0.05, 0.1) is 0 Å². The second kappa shape index (κ2) is 7.22. The molecule has 0 aromatic carbocycles. The van der Waals surface area contributed by atoms with Crippen molar-refractivity contribution in [2.24, 2.45) is 5.92 Å². The van der Waals surface area contributed by atoms with Gasteiger partial charge in [-0.1, -0.05) is 6.92 Å². The van der Waals surface area contributed by atoms with Gasteiger partial charge in [0.2, 0.25) is 0 Å². The van der Waals surface area contributed by atoms with E-state index < -0.39 is 0 Å². The van der Waals surface area contributed by atoms with Gasteiger partial charge in [0.1, 0.15) is 5.69 Å². The van der Waals surface area contributed by atoms with Gasteiger partial charge in [-0.05, 0) is 48.6 Å². The number of piperidine rings is 1. The lowest BCUT2D eigenvalue weighted by molar-refractivity contribution is 0.0946. The van der Waals surface area contributed by atoms with Gasteiger partial charge in [-0.3, -0.25) is 14.8 Å². The number of amides is 1. The van der Waals surface area contributed by atoms with Gasteiger partial charge >= 0.3 is 0 Å². The van der Waals surface area contributed by atoms with Gasteiger partial charge in [0, 0.05) is 43.9 Å². The van der Waals surface area contributed by atoms with Crippen LogP contribution in [0.1, 0.15) is 35.8 Å². The predicted molar refractivity (Wildman–Crippen MR) is 90.3 cm³/mol. The predicted octanol–water partition coefficient (Wildman–Crippen LogP) is 2.64. The third kappa shape index (κ3) is 4.06. The highest BCUT2D eigenvalue weighted by Gasteiger charge is 2.17. The van der Waals surface area contributed by atoms with E-state index in [1.54, 1.807) is 18.6 Å². The van der Waals surface area contributed by atoms with Crippen molar-refractivity contribution in [3.8, 4) is 0 Å². The fourth-order valence-electron chi connectivity index (χ4n) is 2.78. The third-order valence-corrected chi connectivity index (χ3v) is 4.33. The highest BCUT2D eigenvalue weighted by atomic mass is 16.1. The van der Waals surface area contributed by atoms with Crippen LogP contribution in [-0.2, 0) is 6.54 Å². The molecular weight excluding hydrogens is 288 g/mol. The van der Waals surface area contributed by atoms with E-state index in [2.05, 4.69) is 27.1 Å². The van der Waals surface area contributed by atoms with Crippen molar-refractivity contribution in [1.82, 2.24) is 15.3 Å². The van der Waals surface area contributed by atoms with Crippen molar-refractivity contribution in [1.29, 1.82) is 0 Å². The normalized spacial score (nSPS) is 15.4. The Morgan fingerprint density at radius 2 is 1.96 bits per heavy atom. The average Bonchev–Trinajstić information content (AvgIpc) is 2.61. The first kappa shape index (κ1) is 15.5. The topological polar surface area (TPSA) is 58.1 Å². The Hall–Kier alpha value is -2.43. The quantitative estimate of drug-likeness (QED) is 0.943. The van der Waals surface area contributed by atoms with Gasteiger partial charge < -0.3 is 10.2 Å². The maximum atomic E-state index is 12.3. The van der Waals surface area contributed by atoms with E-state index in [4.69, 9.17) is 0 Å². The lowest BCUT2D eigenvalue weighted by Gasteiger charge is -2.32. The Morgan fingerprint density at radius 3 is 2.70 bits per heavy atom. The first-order chi connectivity index (χ1) is 11.2. The molecule has 0 atom stereocenters. The van der Waals surface area contributed by atoms with Crippen molar-refractivity contribution >= 4 is 11.6 Å². The van der Waals surface area contributed by atoms with Crippen molar-refractivity contribution < 1.29 is 4.79 Å². The lowest BCUT2D eigenvalue weighted by Crippen LogP contribution is -2.33. The molecular formula is C18H22N4O. The summed E-state index contributed by atoms with van der Waals surface area (Å²) in [7, 11) is 0. The maximum absolute atomic E-state index is 12.3. The summed E-state index contributed by atoms with van der Waals surface area (Å²) in [5.74, 6) is 0.644. The van der Waals surface area contributed by atoms with E-state index in [0.717, 1.165) is 30.3 Å². The minimum atomic E-state index is -0.144. The van der Waals surface area contributed by atoms with Crippen LogP contribution in [0, 0.1) is 5.92 Å². The molecule has 5 nitrogen and oxygen atoms in total. The number of anilines is 1. The first-order valence-corrected chi connectivity index (χ1v) is 8.10. The zero-order valence-electron chi connectivity index (χ0n) is 13.4. The summed E-state index contributed by atoms with van der Waals surface area (Å²) in [6.45, 7) is 4.86. The summed E-state index contributed by atoms with van der Waals surface area (Å²) in [6.07, 6.45) is 7.56. The largest absolute Gasteiger partial charge is 0.371 e. The molecule has 2 aromatic rings. The van der Waals surface area contributed by atoms with Crippen LogP contribution >= 0.6 is 0 Å². The summed E-state index contributed by atoms with van der Waals surface area (Å²) >= 11 is 0. The van der Waals surface area contributed by atoms with E-state index in [0.29, 0.717) is 12.2 Å². The molecule has 120 valence electrons. The molecule has 0 unspecified atom stereocenters. The smallest absolute Gasteiger partial charge is 0.270 e. The summed E-state index contributed by atoms with van der Waals surface area (Å²) < 4.78 is 0. The second-order valence-electron chi connectivity index (χ2n) is 6.11. The number of pyridine rings is 2. The van der Waals surface area contributed by atoms with Crippen LogP contribution in [-0.4, -0.2) is 29.0 Å². The van der Waals surface area contributed by atoms with Crippen molar-refractivity contribution in [3.05, 3.63) is 54.1 Å². The van der Waals surface area contributed by atoms with Crippen LogP contribution in [0.25, 0.3) is 0 Å². The monoisotopic (exact) mass is 310 g/mol. The number of nitrogens with one attached hydrogen (secondary N) is 1. The summed E-state index contributed by atoms with van der Waals surface area (Å²) in [5, 5.41) is 2.90. The Bertz CT molecular complexity index is 651. The number of hydrogen-bond acceptors (Lipinski definition) is 4. The van der Waals surface area contributed by atoms with Gasteiger partial charge in [-0.15, -0.1) is 0 Å². The summed E-state index contributed by atoms with van der Waals surface area (Å²) in [5.41, 5.74) is 2.57. The average molecular weight is 310 g/mol. The van der Waals surface area contributed by atoms with Crippen molar-refractivity contribution in [2.45, 2.75) is 26.3 Å². The van der Waals surface area contributed by atoms with Crippen LogP contribution < -0.4 is 10.2 Å². The molecule has 5 heteroatoms. The van der Waals surface area contributed by atoms with E-state index in [1.165, 1.54) is 12.8 Å². The molecule has 0 saturated carbocycles. The minimum absolute atomic E-state index is 0.144. The molecule has 2 aromatic heterocycles. The molecule has 3 rings (SSSR count). The molecule has 1 N–H and O–H groups in total. The number of hydrogen-bond donors (Lipinski definition) is 1. The molecule has 1 saturated heterocycles. The van der Waals surface area contributed by atoms with E-state index in [-0.39, 0.29) is 5.91 Å². The molecule has 0 spiro atoms. The molecule has 1 aliphatic rings. The number of carbonyl (C=O) groups is 1. The van der Waals surface area contributed by atoms with Crippen LogP contribution in [0.4, 0.5) is 5.69 Å². The molecule has 0 radical (unpaired) electrons. The Kier molecular flexibility index (Phi) is 4.86. The molecule has 23 heavy (non-hydrogen) atoms. The zero-order chi connectivity index (χ0) is 16.1. The molecule has 0 aliphatic carbocycles. The highest BCUT2D eigenvalue weighted by Crippen LogP contribution is 2.22. The van der Waals surface area contributed by atoms with E-state index >= 15 is 0 Å². The zero-order valence-corrected chi connectivity index (χ0v) is 13.4. The van der Waals surface area contributed by atoms with Crippen LogP contribution in [0.3, 0.4) is 0 Å². The molecule has 0 bridgehead atoms. The van der Waals surface area contributed by atoms with Crippen LogP contribution in [0.15, 0.2) is 42.9 Å². The number of aromatic nitrogens is 2. The van der Waals surface area contributed by atoms with E-state index in [1.807, 2.05) is 24.3 Å². The fraction of sp³-hybridized carbons (Fsp3) is 0.389. The van der Waals surface area contributed by atoms with Gasteiger partial charge in [-0.2, -0.15) is 0 Å². The van der Waals surface area contributed by atoms with Gasteiger partial charge in [-0.25, -0.2) is 0 Å². The maximum Gasteiger partial charge on any atom is 0.270 e. The van der Waals surface area contributed by atoms with Crippen molar-refractivity contribution in [2.75, 3.05) is 18.0 Å². The number of carbonyl (C=O) groups excluding carboxylic acids is 1. The lowest BCUT2D eigenvalue weighted by atomic mass is 9.99. The van der Waals surface area contributed by atoms with Gasteiger partial charge in [0.25, 0.3) is 5.91 Å². The standard InChI is InChI=1S/C18H22N4O/c1-14-5-10-22(11-6-14)16-4-9-20-17(12-16)18(23)21-13-15-2-7-19-8-3-15/h2-4,7-9,12,14H,5-6,10-11,13H2,1H3,(H,21,23). The van der Waals surface area contributed by atoms with Crippen molar-refractivity contribution in [3.63, 3.8) is 0 Å². The molecule has 1 amide bonds. The minimum Gasteiger partial charge on any atom is -0.371 e. The molecule has 1 aliphatic heterocycles. The summed E-state index contributed by atoms with van der Waals surface area (Å²) in [4.78, 5) is 22.8. The van der Waals surface area contributed by atoms with Crippen LogP contribution in [0.2, 0.25) is 0 Å². The molecule has 3 heterocycles. The number of nitrogens with zero attached hydrogens (tertiary/aromatic N) is 3. The highest BCUT2D eigenvalue weighted by molar-refractivity contribution is 5.93. The fourth-order valence-corrected chi connectivity index (χ4v) is 2.78. The molecule has 1 fully saturated rings. The Morgan fingerprint density at radius 1 is 1.22 bits per heavy atom. The van der Waals surface area contributed by atoms with Crippen LogP contribution in [0.5, 0.6) is 0 Å². The Balaban J connectivity index is 1.63. The SMILES string of the molecule is CC1CCN(c2ccnc(C(=O)NCc3ccncc3)c2)CC1. The third-order valence-electron chi connectivity index (χ3n) is 4.33.